The second-order valence-electron chi connectivity index (χ2n) is 8.50. The predicted octanol–water partition coefficient (Wildman–Crippen LogP) is 1.93. The summed E-state index contributed by atoms with van der Waals surface area (Å²) in [5, 5.41) is 6.52. The first-order valence-electron chi connectivity index (χ1n) is 10.9. The van der Waals surface area contributed by atoms with Gasteiger partial charge in [-0.15, -0.1) is 0 Å². The molecular formula is C22H36N4O3S. The fraction of sp³-hybridized carbons (Fsp3) is 0.682. The lowest BCUT2D eigenvalue weighted by molar-refractivity contribution is 0.0756. The Morgan fingerprint density at radius 2 is 1.70 bits per heavy atom. The summed E-state index contributed by atoms with van der Waals surface area (Å²) in [6.45, 7) is 5.35. The molecular weight excluding hydrogens is 400 g/mol. The third kappa shape index (κ3) is 6.18. The molecule has 30 heavy (non-hydrogen) atoms. The Morgan fingerprint density at radius 1 is 1.07 bits per heavy atom. The van der Waals surface area contributed by atoms with E-state index in [1.54, 1.807) is 7.05 Å². The van der Waals surface area contributed by atoms with Crippen molar-refractivity contribution < 1.29 is 13.2 Å². The maximum Gasteiger partial charge on any atom is 0.191 e. The summed E-state index contributed by atoms with van der Waals surface area (Å²) in [6, 6.07) is 8.69. The van der Waals surface area contributed by atoms with Crippen molar-refractivity contribution >= 4 is 15.8 Å². The second kappa shape index (κ2) is 10.6. The third-order valence-corrected chi connectivity index (χ3v) is 8.46. The summed E-state index contributed by atoms with van der Waals surface area (Å²) in [5.74, 6) is 0.613. The number of hydrogen-bond donors (Lipinski definition) is 2. The topological polar surface area (TPSA) is 83.0 Å². The minimum Gasteiger partial charge on any atom is -0.381 e. The molecule has 3 rings (SSSR count). The number of ether oxygens (including phenoxy) is 1. The molecule has 2 saturated heterocycles. The summed E-state index contributed by atoms with van der Waals surface area (Å²) in [5.41, 5.74) is 2.52. The summed E-state index contributed by atoms with van der Waals surface area (Å²) < 4.78 is 29.4. The van der Waals surface area contributed by atoms with Gasteiger partial charge in [0.05, 0.1) is 4.75 Å². The Labute approximate surface area is 181 Å². The number of piperidine rings is 1. The molecule has 2 heterocycles. The summed E-state index contributed by atoms with van der Waals surface area (Å²) in [7, 11) is -1.50. The Bertz CT molecular complexity index is 796. The highest BCUT2D eigenvalue weighted by molar-refractivity contribution is 7.92. The number of likely N-dealkylation sites (tertiary alicyclic amines) is 1. The summed E-state index contributed by atoms with van der Waals surface area (Å²) >= 11 is 0. The van der Waals surface area contributed by atoms with Crippen molar-refractivity contribution in [3.05, 3.63) is 35.4 Å². The Morgan fingerprint density at radius 3 is 2.30 bits per heavy atom. The van der Waals surface area contributed by atoms with Crippen LogP contribution in [0.1, 0.15) is 43.2 Å². The van der Waals surface area contributed by atoms with Crippen LogP contribution in [0.4, 0.5) is 0 Å². The lowest BCUT2D eigenvalue weighted by Gasteiger charge is -2.35. The number of sulfone groups is 1. The largest absolute Gasteiger partial charge is 0.381 e. The second-order valence-corrected chi connectivity index (χ2v) is 10.9. The first-order valence-corrected chi connectivity index (χ1v) is 12.8. The van der Waals surface area contributed by atoms with Gasteiger partial charge >= 0.3 is 0 Å². The molecule has 0 aliphatic carbocycles. The molecule has 0 atom stereocenters. The normalized spacial score (nSPS) is 20.7. The molecule has 7 nitrogen and oxygen atoms in total. The molecule has 0 radical (unpaired) electrons. The average molecular weight is 437 g/mol. The molecule has 168 valence electrons. The summed E-state index contributed by atoms with van der Waals surface area (Å²) in [6.07, 6.45) is 6.31. The Balaban J connectivity index is 1.50. The average Bonchev–Trinajstić information content (AvgIpc) is 2.75. The molecule has 0 amide bonds. The van der Waals surface area contributed by atoms with Gasteiger partial charge in [0.25, 0.3) is 0 Å². The molecule has 0 bridgehead atoms. The van der Waals surface area contributed by atoms with E-state index in [0.717, 1.165) is 6.54 Å². The molecule has 1 aromatic carbocycles. The Hall–Kier alpha value is -1.64. The molecule has 0 unspecified atom stereocenters. The van der Waals surface area contributed by atoms with Crippen LogP contribution < -0.4 is 10.6 Å². The number of rotatable bonds is 7. The van der Waals surface area contributed by atoms with E-state index in [-0.39, 0.29) is 0 Å². The van der Waals surface area contributed by atoms with Gasteiger partial charge in [-0.2, -0.15) is 0 Å². The van der Waals surface area contributed by atoms with Crippen molar-refractivity contribution in [2.75, 3.05) is 46.2 Å². The maximum absolute atomic E-state index is 12.4. The first kappa shape index (κ1) is 23.0. The zero-order valence-corrected chi connectivity index (χ0v) is 19.1. The highest BCUT2D eigenvalue weighted by atomic mass is 32.2. The van der Waals surface area contributed by atoms with Gasteiger partial charge in [-0.05, 0) is 49.9 Å². The maximum atomic E-state index is 12.4. The molecule has 0 saturated carbocycles. The standard InChI is InChI=1S/C22H36N4O3S/c1-23-21(25-18-22(30(2,27)28)10-14-29-15-11-22)24-16-19-6-8-20(9-7-19)17-26-12-4-3-5-13-26/h6-9H,3-5,10-18H2,1-2H3,(H2,23,24,25). The monoisotopic (exact) mass is 436 g/mol. The highest BCUT2D eigenvalue weighted by Crippen LogP contribution is 2.28. The van der Waals surface area contributed by atoms with Gasteiger partial charge in [-0.25, -0.2) is 8.42 Å². The van der Waals surface area contributed by atoms with Crippen LogP contribution >= 0.6 is 0 Å². The van der Waals surface area contributed by atoms with E-state index < -0.39 is 14.6 Å². The molecule has 1 aromatic rings. The fourth-order valence-corrected chi connectivity index (χ4v) is 5.45. The lowest BCUT2D eigenvalue weighted by Crippen LogP contribution is -2.53. The SMILES string of the molecule is CN=C(NCc1ccc(CN2CCCCC2)cc1)NCC1(S(C)(=O)=O)CCOCC1. The van der Waals surface area contributed by atoms with Crippen molar-refractivity contribution in [3.63, 3.8) is 0 Å². The molecule has 2 N–H and O–H groups in total. The lowest BCUT2D eigenvalue weighted by atomic mass is 9.99. The van der Waals surface area contributed by atoms with Crippen LogP contribution in [-0.2, 0) is 27.7 Å². The first-order chi connectivity index (χ1) is 14.4. The fourth-order valence-electron chi connectivity index (χ4n) is 4.21. The molecule has 0 aromatic heterocycles. The smallest absolute Gasteiger partial charge is 0.191 e. The van der Waals surface area contributed by atoms with Crippen molar-refractivity contribution in [1.82, 2.24) is 15.5 Å². The number of nitrogens with one attached hydrogen (secondary N) is 2. The van der Waals surface area contributed by atoms with E-state index in [2.05, 4.69) is 44.8 Å². The molecule has 2 aliphatic rings. The quantitative estimate of drug-likeness (QED) is 0.502. The Kier molecular flexibility index (Phi) is 8.13. The summed E-state index contributed by atoms with van der Waals surface area (Å²) in [4.78, 5) is 6.78. The number of benzene rings is 1. The van der Waals surface area contributed by atoms with E-state index in [1.807, 2.05) is 0 Å². The van der Waals surface area contributed by atoms with E-state index >= 15 is 0 Å². The van der Waals surface area contributed by atoms with Gasteiger partial charge in [0.1, 0.15) is 0 Å². The van der Waals surface area contributed by atoms with Gasteiger partial charge < -0.3 is 15.4 Å². The number of aliphatic imine (C=N–C) groups is 1. The highest BCUT2D eigenvalue weighted by Gasteiger charge is 2.42. The van der Waals surface area contributed by atoms with Crippen molar-refractivity contribution in [2.45, 2.75) is 49.9 Å². The molecule has 2 aliphatic heterocycles. The van der Waals surface area contributed by atoms with Crippen molar-refractivity contribution in [3.8, 4) is 0 Å². The van der Waals surface area contributed by atoms with Crippen LogP contribution in [0.2, 0.25) is 0 Å². The van der Waals surface area contributed by atoms with Gasteiger partial charge in [-0.1, -0.05) is 30.7 Å². The zero-order chi connectivity index (χ0) is 21.5. The predicted molar refractivity (Wildman–Crippen MR) is 121 cm³/mol. The minimum absolute atomic E-state index is 0.337. The van der Waals surface area contributed by atoms with Gasteiger partial charge in [0.2, 0.25) is 0 Å². The number of guanidine groups is 1. The van der Waals surface area contributed by atoms with Gasteiger partial charge in [-0.3, -0.25) is 9.89 Å². The van der Waals surface area contributed by atoms with Crippen molar-refractivity contribution in [2.24, 2.45) is 4.99 Å². The van der Waals surface area contributed by atoms with Crippen LogP contribution in [-0.4, -0.2) is 70.2 Å². The van der Waals surface area contributed by atoms with Crippen LogP contribution in [0.15, 0.2) is 29.3 Å². The van der Waals surface area contributed by atoms with Gasteiger partial charge in [0, 0.05) is 46.2 Å². The third-order valence-electron chi connectivity index (χ3n) is 6.33. The number of nitrogens with zero attached hydrogens (tertiary/aromatic N) is 2. The van der Waals surface area contributed by atoms with Crippen LogP contribution in [0.3, 0.4) is 0 Å². The van der Waals surface area contributed by atoms with Crippen molar-refractivity contribution in [1.29, 1.82) is 0 Å². The van der Waals surface area contributed by atoms with E-state index in [9.17, 15) is 8.42 Å². The van der Waals surface area contributed by atoms with E-state index in [0.29, 0.717) is 45.1 Å². The van der Waals surface area contributed by atoms with Crippen LogP contribution in [0, 0.1) is 0 Å². The van der Waals surface area contributed by atoms with E-state index in [4.69, 9.17) is 4.74 Å². The van der Waals surface area contributed by atoms with Gasteiger partial charge in [0.15, 0.2) is 15.8 Å². The zero-order valence-electron chi connectivity index (χ0n) is 18.3. The minimum atomic E-state index is -3.20. The molecule has 0 spiro atoms. The van der Waals surface area contributed by atoms with Crippen LogP contribution in [0.5, 0.6) is 0 Å². The molecule has 2 fully saturated rings. The van der Waals surface area contributed by atoms with Crippen LogP contribution in [0.25, 0.3) is 0 Å². The van der Waals surface area contributed by atoms with E-state index in [1.165, 1.54) is 49.7 Å². The number of hydrogen-bond acceptors (Lipinski definition) is 5. The molecule has 8 heteroatoms.